The van der Waals surface area contributed by atoms with Gasteiger partial charge in [-0.2, -0.15) is 0 Å². The smallest absolute Gasteiger partial charge is 0.217 e. The van der Waals surface area contributed by atoms with Crippen molar-refractivity contribution in [3.8, 4) is 22.8 Å². The number of nitrogens with zero attached hydrogens (tertiary/aromatic N) is 1. The number of hydrogen-bond acceptors (Lipinski definition) is 6. The molecule has 0 radical (unpaired) electrons. The minimum atomic E-state index is -4.41. The predicted molar refractivity (Wildman–Crippen MR) is 100 cm³/mol. The standard InChI is InChI=1S/C18H18NO2.CH4O4S/c1-19-12-15-11-18(21-3)17(20-2)10-14(15)9-16(19)13-7-5-4-6-8-13;1-5-6(2,3)4/h4-12H,1-3H3;1H3,(H,2,3,4)/q+1;/p-1. The molecule has 1 aromatic heterocycles. The molecule has 0 aliphatic carbocycles. The highest BCUT2D eigenvalue weighted by Crippen LogP contribution is 2.32. The molecule has 3 rings (SSSR count). The third-order valence-corrected chi connectivity index (χ3v) is 4.28. The fourth-order valence-corrected chi connectivity index (χ4v) is 2.57. The molecule has 1 heterocycles. The average molecular weight is 391 g/mol. The van der Waals surface area contributed by atoms with Gasteiger partial charge in [-0.15, -0.1) is 0 Å². The number of hydrogen-bond donors (Lipinski definition) is 0. The average Bonchev–Trinajstić information content (AvgIpc) is 2.67. The van der Waals surface area contributed by atoms with Crippen molar-refractivity contribution in [1.82, 2.24) is 0 Å². The van der Waals surface area contributed by atoms with Crippen molar-refractivity contribution < 1.29 is 31.2 Å². The summed E-state index contributed by atoms with van der Waals surface area (Å²) in [5, 5.41) is 2.25. The minimum Gasteiger partial charge on any atom is -0.726 e. The lowest BCUT2D eigenvalue weighted by Gasteiger charge is -2.09. The Morgan fingerprint density at radius 3 is 1.89 bits per heavy atom. The molecule has 0 saturated carbocycles. The molecule has 2 aromatic carbocycles. The summed E-state index contributed by atoms with van der Waals surface area (Å²) in [5.74, 6) is 1.50. The molecule has 0 spiro atoms. The normalized spacial score (nSPS) is 10.9. The quantitative estimate of drug-likeness (QED) is 0.386. The summed E-state index contributed by atoms with van der Waals surface area (Å²) in [6.07, 6.45) is 2.11. The Bertz CT molecular complexity index is 1020. The second kappa shape index (κ2) is 8.81. The van der Waals surface area contributed by atoms with E-state index in [1.165, 1.54) is 5.56 Å². The molecule has 0 atom stereocenters. The first-order chi connectivity index (χ1) is 12.8. The number of aryl methyl sites for hydroxylation is 1. The Hall–Kier alpha value is -2.68. The predicted octanol–water partition coefficient (Wildman–Crippen LogP) is 2.44. The summed E-state index contributed by atoms with van der Waals surface area (Å²) >= 11 is 0. The van der Waals surface area contributed by atoms with Gasteiger partial charge in [0.05, 0.1) is 21.3 Å². The van der Waals surface area contributed by atoms with E-state index in [-0.39, 0.29) is 0 Å². The van der Waals surface area contributed by atoms with Crippen LogP contribution in [0.5, 0.6) is 11.5 Å². The summed E-state index contributed by atoms with van der Waals surface area (Å²) in [5.41, 5.74) is 2.35. The Morgan fingerprint density at radius 2 is 1.41 bits per heavy atom. The molecule has 3 aromatic rings. The first kappa shape index (κ1) is 20.6. The second-order valence-corrected chi connectivity index (χ2v) is 6.70. The lowest BCUT2D eigenvalue weighted by Crippen LogP contribution is -2.30. The van der Waals surface area contributed by atoms with Crippen LogP contribution in [0.4, 0.5) is 0 Å². The highest BCUT2D eigenvalue weighted by Gasteiger charge is 2.14. The summed E-state index contributed by atoms with van der Waals surface area (Å²) < 4.78 is 43.9. The summed E-state index contributed by atoms with van der Waals surface area (Å²) in [7, 11) is 1.76. The Labute approximate surface area is 158 Å². The molecule has 8 heteroatoms. The summed E-state index contributed by atoms with van der Waals surface area (Å²) in [6, 6.07) is 16.5. The number of benzene rings is 2. The SMILES string of the molecule is COS(=O)(=O)[O-].COc1cc2cc(-c3ccccc3)[n+](C)cc2cc1OC. The third-order valence-electron chi connectivity index (χ3n) is 3.87. The van der Waals surface area contributed by atoms with Gasteiger partial charge in [0.15, 0.2) is 17.7 Å². The Kier molecular flexibility index (Phi) is 6.73. The van der Waals surface area contributed by atoms with Crippen LogP contribution in [0.25, 0.3) is 22.0 Å². The first-order valence-corrected chi connectivity index (χ1v) is 9.24. The largest absolute Gasteiger partial charge is 0.726 e. The van der Waals surface area contributed by atoms with E-state index in [0.29, 0.717) is 0 Å². The van der Waals surface area contributed by atoms with Gasteiger partial charge in [0.2, 0.25) is 16.1 Å². The van der Waals surface area contributed by atoms with E-state index in [0.717, 1.165) is 35.1 Å². The molecular weight excluding hydrogens is 370 g/mol. The summed E-state index contributed by atoms with van der Waals surface area (Å²) in [6.45, 7) is 0. The molecule has 0 bridgehead atoms. The summed E-state index contributed by atoms with van der Waals surface area (Å²) in [4.78, 5) is 0. The van der Waals surface area contributed by atoms with Crippen LogP contribution in [-0.2, 0) is 21.6 Å². The van der Waals surface area contributed by atoms with E-state index >= 15 is 0 Å². The fourth-order valence-electron chi connectivity index (χ4n) is 2.57. The molecule has 144 valence electrons. The lowest BCUT2D eigenvalue weighted by atomic mass is 10.1. The van der Waals surface area contributed by atoms with Crippen LogP contribution < -0.4 is 14.0 Å². The van der Waals surface area contributed by atoms with Crippen molar-refractivity contribution in [3.63, 3.8) is 0 Å². The Balaban J connectivity index is 0.000000380. The number of methoxy groups -OCH3 is 2. The van der Waals surface area contributed by atoms with E-state index < -0.39 is 10.4 Å². The van der Waals surface area contributed by atoms with Gasteiger partial charge in [-0.05, 0) is 29.7 Å². The highest BCUT2D eigenvalue weighted by molar-refractivity contribution is 7.80. The topological polar surface area (TPSA) is 88.8 Å². The van der Waals surface area contributed by atoms with Crippen LogP contribution in [0.3, 0.4) is 0 Å². The molecule has 0 N–H and O–H groups in total. The van der Waals surface area contributed by atoms with Crippen LogP contribution in [0, 0.1) is 0 Å². The van der Waals surface area contributed by atoms with Crippen LogP contribution in [0.2, 0.25) is 0 Å². The van der Waals surface area contributed by atoms with Gasteiger partial charge in [0.25, 0.3) is 0 Å². The maximum atomic E-state index is 9.22. The van der Waals surface area contributed by atoms with Crippen LogP contribution >= 0.6 is 0 Å². The van der Waals surface area contributed by atoms with Crippen LogP contribution in [0.15, 0.2) is 54.7 Å². The van der Waals surface area contributed by atoms with Crippen molar-refractivity contribution in [1.29, 1.82) is 0 Å². The van der Waals surface area contributed by atoms with Crippen molar-refractivity contribution in [2.24, 2.45) is 7.05 Å². The number of pyridine rings is 1. The Morgan fingerprint density at radius 1 is 0.889 bits per heavy atom. The zero-order valence-corrected chi connectivity index (χ0v) is 16.3. The van der Waals surface area contributed by atoms with E-state index in [1.807, 2.05) is 30.3 Å². The van der Waals surface area contributed by atoms with Crippen molar-refractivity contribution in [3.05, 3.63) is 54.7 Å². The molecule has 0 saturated heterocycles. The van der Waals surface area contributed by atoms with Gasteiger partial charge in [0, 0.05) is 17.0 Å². The number of fused-ring (bicyclic) bond motifs is 1. The van der Waals surface area contributed by atoms with E-state index in [1.54, 1.807) is 14.2 Å². The first-order valence-electron chi connectivity index (χ1n) is 7.91. The minimum absolute atomic E-state index is 0.748. The molecule has 0 amide bonds. The van der Waals surface area contributed by atoms with Crippen LogP contribution in [0.1, 0.15) is 0 Å². The van der Waals surface area contributed by atoms with Gasteiger partial charge in [0.1, 0.15) is 7.05 Å². The second-order valence-electron chi connectivity index (χ2n) is 5.55. The number of ether oxygens (including phenoxy) is 2. The third kappa shape index (κ3) is 5.40. The zero-order chi connectivity index (χ0) is 20.0. The molecule has 0 aliphatic heterocycles. The molecule has 27 heavy (non-hydrogen) atoms. The number of rotatable bonds is 4. The molecule has 0 fully saturated rings. The molecular formula is C19H21NO6S. The molecule has 7 nitrogen and oxygen atoms in total. The van der Waals surface area contributed by atoms with Gasteiger partial charge in [-0.3, -0.25) is 4.18 Å². The zero-order valence-electron chi connectivity index (χ0n) is 15.5. The monoisotopic (exact) mass is 391 g/mol. The van der Waals surface area contributed by atoms with Gasteiger partial charge >= 0.3 is 0 Å². The maximum absolute atomic E-state index is 9.22. The van der Waals surface area contributed by atoms with Crippen molar-refractivity contribution >= 4 is 21.2 Å². The lowest BCUT2D eigenvalue weighted by molar-refractivity contribution is -0.659. The maximum Gasteiger partial charge on any atom is 0.217 e. The van der Waals surface area contributed by atoms with Gasteiger partial charge in [-0.25, -0.2) is 13.0 Å². The van der Waals surface area contributed by atoms with Gasteiger partial charge in [-0.1, -0.05) is 18.2 Å². The molecule has 0 unspecified atom stereocenters. The highest BCUT2D eigenvalue weighted by atomic mass is 32.3. The van der Waals surface area contributed by atoms with E-state index in [4.69, 9.17) is 9.47 Å². The van der Waals surface area contributed by atoms with Crippen molar-refractivity contribution in [2.45, 2.75) is 0 Å². The van der Waals surface area contributed by atoms with Crippen LogP contribution in [-0.4, -0.2) is 34.3 Å². The number of aromatic nitrogens is 1. The molecule has 0 aliphatic rings. The fraction of sp³-hybridized carbons (Fsp3) is 0.211. The van der Waals surface area contributed by atoms with Gasteiger partial charge < -0.3 is 14.0 Å². The van der Waals surface area contributed by atoms with E-state index in [2.05, 4.69) is 40.2 Å². The van der Waals surface area contributed by atoms with Crippen molar-refractivity contribution in [2.75, 3.05) is 21.3 Å². The van der Waals surface area contributed by atoms with E-state index in [9.17, 15) is 13.0 Å².